The lowest BCUT2D eigenvalue weighted by atomic mass is 9.91. The van der Waals surface area contributed by atoms with Gasteiger partial charge >= 0.3 is 6.18 Å². The van der Waals surface area contributed by atoms with E-state index in [-0.39, 0.29) is 42.9 Å². The Bertz CT molecular complexity index is 1060. The normalized spacial score (nSPS) is 19.6. The lowest BCUT2D eigenvalue weighted by Gasteiger charge is -2.29. The van der Waals surface area contributed by atoms with Crippen molar-refractivity contribution >= 4 is 76.3 Å². The number of nitrogens with one attached hydrogen (secondary N) is 2. The lowest BCUT2D eigenvalue weighted by molar-refractivity contribution is -0.269. The van der Waals surface area contributed by atoms with Gasteiger partial charge in [0, 0.05) is 11.1 Å². The van der Waals surface area contributed by atoms with Crippen molar-refractivity contribution in [2.45, 2.75) is 24.0 Å². The fourth-order valence-electron chi connectivity index (χ4n) is 2.78. The quantitative estimate of drug-likeness (QED) is 0.297. The number of benzene rings is 2. The Morgan fingerprint density at radius 3 is 2.26 bits per heavy atom. The molecular formula is C19H13Cl4F3N2O2S. The van der Waals surface area contributed by atoms with Crippen LogP contribution < -0.4 is 10.8 Å². The van der Waals surface area contributed by atoms with Crippen LogP contribution in [0.3, 0.4) is 0 Å². The molecule has 1 aliphatic heterocycles. The number of hydroxylamine groups is 1. The highest BCUT2D eigenvalue weighted by Gasteiger charge is 2.59. The SMILES string of the molecule is CC(S)C(=O)Nc1ccc(C2=CC(c3cc(Cl)c(Cl)c(Cl)c3)(C(F)(F)F)ON2)cc1Cl. The highest BCUT2D eigenvalue weighted by molar-refractivity contribution is 7.81. The number of hydrogen-bond acceptors (Lipinski definition) is 4. The van der Waals surface area contributed by atoms with Gasteiger partial charge in [0.05, 0.1) is 36.7 Å². The van der Waals surface area contributed by atoms with E-state index < -0.39 is 17.0 Å². The van der Waals surface area contributed by atoms with Crippen molar-refractivity contribution in [3.63, 3.8) is 0 Å². The van der Waals surface area contributed by atoms with Crippen LogP contribution in [0.4, 0.5) is 18.9 Å². The zero-order valence-electron chi connectivity index (χ0n) is 15.5. The molecule has 2 aromatic rings. The highest BCUT2D eigenvalue weighted by atomic mass is 35.5. The van der Waals surface area contributed by atoms with Gasteiger partial charge in [-0.25, -0.2) is 0 Å². The van der Waals surface area contributed by atoms with Gasteiger partial charge in [0.2, 0.25) is 11.5 Å². The van der Waals surface area contributed by atoms with Crippen LogP contribution in [0.25, 0.3) is 5.70 Å². The molecule has 0 saturated carbocycles. The third kappa shape index (κ3) is 4.74. The summed E-state index contributed by atoms with van der Waals surface area (Å²) in [6.07, 6.45) is -4.02. The summed E-state index contributed by atoms with van der Waals surface area (Å²) in [6, 6.07) is 6.39. The number of rotatable bonds is 4. The number of halogens is 7. The Morgan fingerprint density at radius 2 is 1.74 bits per heavy atom. The second kappa shape index (κ2) is 8.92. The van der Waals surface area contributed by atoms with E-state index in [1.165, 1.54) is 18.2 Å². The van der Waals surface area contributed by atoms with Crippen molar-refractivity contribution in [3.8, 4) is 0 Å². The van der Waals surface area contributed by atoms with Crippen LogP contribution in [0, 0.1) is 0 Å². The Hall–Kier alpha value is -1.29. The Kier molecular flexibility index (Phi) is 7.01. The summed E-state index contributed by atoms with van der Waals surface area (Å²) in [5, 5.41) is 1.74. The van der Waals surface area contributed by atoms with Gasteiger partial charge in [0.1, 0.15) is 0 Å². The van der Waals surface area contributed by atoms with Crippen LogP contribution in [0.1, 0.15) is 18.1 Å². The first-order chi connectivity index (χ1) is 14.4. The number of amides is 1. The van der Waals surface area contributed by atoms with Gasteiger partial charge in [-0.15, -0.1) is 0 Å². The molecule has 0 aromatic heterocycles. The number of thiol groups is 1. The first-order valence-electron chi connectivity index (χ1n) is 8.53. The second-order valence-corrected chi connectivity index (χ2v) is 8.98. The summed E-state index contributed by atoms with van der Waals surface area (Å²) in [5.74, 6) is -0.382. The van der Waals surface area contributed by atoms with Crippen molar-refractivity contribution in [2.24, 2.45) is 0 Å². The number of carbonyl (C=O) groups excluding carboxylic acids is 1. The zero-order chi connectivity index (χ0) is 23.1. The van der Waals surface area contributed by atoms with E-state index in [1.807, 2.05) is 0 Å². The maximum Gasteiger partial charge on any atom is 0.428 e. The minimum absolute atomic E-state index is 0.00172. The molecule has 2 unspecified atom stereocenters. The summed E-state index contributed by atoms with van der Waals surface area (Å²) in [4.78, 5) is 16.8. The maximum atomic E-state index is 14.1. The van der Waals surface area contributed by atoms with Crippen molar-refractivity contribution in [1.82, 2.24) is 5.48 Å². The predicted octanol–water partition coefficient (Wildman–Crippen LogP) is 6.89. The minimum Gasteiger partial charge on any atom is -0.324 e. The van der Waals surface area contributed by atoms with Gasteiger partial charge in [-0.1, -0.05) is 52.5 Å². The van der Waals surface area contributed by atoms with Crippen LogP contribution in [0.15, 0.2) is 36.4 Å². The van der Waals surface area contributed by atoms with Crippen LogP contribution in [-0.4, -0.2) is 17.3 Å². The largest absolute Gasteiger partial charge is 0.428 e. The van der Waals surface area contributed by atoms with E-state index in [0.717, 1.165) is 18.2 Å². The molecule has 1 aliphatic rings. The van der Waals surface area contributed by atoms with E-state index in [0.29, 0.717) is 5.56 Å². The molecule has 0 bridgehead atoms. The maximum absolute atomic E-state index is 14.1. The molecule has 1 heterocycles. The Labute approximate surface area is 201 Å². The van der Waals surface area contributed by atoms with Gasteiger partial charge in [-0.05, 0) is 37.3 Å². The van der Waals surface area contributed by atoms with Crippen LogP contribution in [-0.2, 0) is 15.2 Å². The average Bonchev–Trinajstić information content (AvgIpc) is 3.14. The van der Waals surface area contributed by atoms with Gasteiger partial charge in [0.15, 0.2) is 0 Å². The highest BCUT2D eigenvalue weighted by Crippen LogP contribution is 2.49. The molecule has 1 amide bonds. The molecule has 0 aliphatic carbocycles. The molecule has 4 nitrogen and oxygen atoms in total. The van der Waals surface area contributed by atoms with Gasteiger partial charge in [-0.3, -0.25) is 15.1 Å². The summed E-state index contributed by atoms with van der Waals surface area (Å²) < 4.78 is 42.3. The summed E-state index contributed by atoms with van der Waals surface area (Å²) in [5.41, 5.74) is -0.365. The molecule has 0 fully saturated rings. The standard InChI is InChI=1S/C19H13Cl4F3N2O2S/c1-8(31)17(29)27-14-3-2-9(4-11(14)20)15-7-18(30-28-15,19(24,25)26)10-5-12(21)16(23)13(22)6-10/h2-8,28,31H,1H3,(H,27,29). The van der Waals surface area contributed by atoms with Crippen LogP contribution in [0.2, 0.25) is 20.1 Å². The molecule has 2 N–H and O–H groups in total. The molecule has 0 radical (unpaired) electrons. The van der Waals surface area contributed by atoms with Crippen molar-refractivity contribution in [3.05, 3.63) is 67.6 Å². The summed E-state index contributed by atoms with van der Waals surface area (Å²) >= 11 is 27.9. The first-order valence-corrected chi connectivity index (χ1v) is 10.6. The van der Waals surface area contributed by atoms with E-state index in [4.69, 9.17) is 51.2 Å². The monoisotopic (exact) mass is 530 g/mol. The van der Waals surface area contributed by atoms with Crippen molar-refractivity contribution in [1.29, 1.82) is 0 Å². The molecule has 2 aromatic carbocycles. The van der Waals surface area contributed by atoms with Gasteiger partial charge in [-0.2, -0.15) is 25.8 Å². The predicted molar refractivity (Wildman–Crippen MR) is 120 cm³/mol. The number of hydrogen-bond donors (Lipinski definition) is 3. The van der Waals surface area contributed by atoms with Crippen molar-refractivity contribution < 1.29 is 22.8 Å². The molecule has 3 rings (SSSR count). The fourth-order valence-corrected chi connectivity index (χ4v) is 3.67. The van der Waals surface area contributed by atoms with Crippen molar-refractivity contribution in [2.75, 3.05) is 5.32 Å². The summed E-state index contributed by atoms with van der Waals surface area (Å²) in [7, 11) is 0. The third-order valence-electron chi connectivity index (χ3n) is 4.42. The van der Waals surface area contributed by atoms with Crippen LogP contribution in [0.5, 0.6) is 0 Å². The van der Waals surface area contributed by atoms with Gasteiger partial charge in [0.25, 0.3) is 0 Å². The molecule has 0 saturated heterocycles. The van der Waals surface area contributed by atoms with E-state index in [2.05, 4.69) is 23.4 Å². The van der Waals surface area contributed by atoms with Crippen LogP contribution >= 0.6 is 59.0 Å². The molecular weight excluding hydrogens is 519 g/mol. The number of carbonyl (C=O) groups is 1. The second-order valence-electron chi connectivity index (χ2n) is 6.61. The fraction of sp³-hybridized carbons (Fsp3) is 0.211. The topological polar surface area (TPSA) is 50.4 Å². The van der Waals surface area contributed by atoms with Gasteiger partial charge < -0.3 is 5.32 Å². The average molecular weight is 532 g/mol. The number of alkyl halides is 3. The number of anilines is 1. The Balaban J connectivity index is 2.03. The summed E-state index contributed by atoms with van der Waals surface area (Å²) in [6.45, 7) is 1.58. The molecule has 0 spiro atoms. The zero-order valence-corrected chi connectivity index (χ0v) is 19.4. The van der Waals surface area contributed by atoms with E-state index in [1.54, 1.807) is 6.92 Å². The lowest BCUT2D eigenvalue weighted by Crippen LogP contribution is -2.42. The Morgan fingerprint density at radius 1 is 1.13 bits per heavy atom. The smallest absolute Gasteiger partial charge is 0.324 e. The first kappa shape index (κ1) is 24.4. The molecule has 31 heavy (non-hydrogen) atoms. The van der Waals surface area contributed by atoms with E-state index in [9.17, 15) is 18.0 Å². The minimum atomic E-state index is -4.87. The molecule has 2 atom stereocenters. The third-order valence-corrected chi connectivity index (χ3v) is 6.16. The molecule has 166 valence electrons. The van der Waals surface area contributed by atoms with E-state index >= 15 is 0 Å². The molecule has 12 heteroatoms.